The fourth-order valence-corrected chi connectivity index (χ4v) is 4.18. The number of carbonyl (C=O) groups excluding carboxylic acids is 2. The quantitative estimate of drug-likeness (QED) is 0.821. The Morgan fingerprint density at radius 3 is 2.55 bits per heavy atom. The molecule has 2 aromatic rings. The number of amides is 2. The zero-order valence-corrected chi connectivity index (χ0v) is 16.5. The van der Waals surface area contributed by atoms with E-state index in [1.165, 1.54) is 17.0 Å². The number of anilines is 3. The van der Waals surface area contributed by atoms with E-state index in [4.69, 9.17) is 0 Å². The maximum atomic E-state index is 13.2. The number of hydrogen-bond acceptors (Lipinski definition) is 3. The highest BCUT2D eigenvalue weighted by molar-refractivity contribution is 6.04. The van der Waals surface area contributed by atoms with Crippen LogP contribution in [0, 0.1) is 5.82 Å². The van der Waals surface area contributed by atoms with Gasteiger partial charge in [-0.2, -0.15) is 0 Å². The Hall–Kier alpha value is -2.93. The summed E-state index contributed by atoms with van der Waals surface area (Å²) in [6.45, 7) is 5.63. The molecule has 0 radical (unpaired) electrons. The van der Waals surface area contributed by atoms with Crippen LogP contribution in [-0.2, 0) is 9.59 Å². The van der Waals surface area contributed by atoms with Crippen LogP contribution in [0.1, 0.15) is 13.3 Å². The van der Waals surface area contributed by atoms with Gasteiger partial charge in [-0.25, -0.2) is 4.39 Å². The lowest BCUT2D eigenvalue weighted by atomic mass is 10.1. The van der Waals surface area contributed by atoms with Crippen LogP contribution < -0.4 is 20.0 Å². The van der Waals surface area contributed by atoms with Gasteiger partial charge in [0, 0.05) is 18.2 Å². The Morgan fingerprint density at radius 2 is 1.83 bits per heavy atom. The number of carbonyl (C=O) groups is 2. The first-order chi connectivity index (χ1) is 14.0. The number of nitrogens with zero attached hydrogens (tertiary/aromatic N) is 2. The monoisotopic (exact) mass is 397 g/mol. The van der Waals surface area contributed by atoms with E-state index in [0.717, 1.165) is 37.6 Å². The van der Waals surface area contributed by atoms with E-state index < -0.39 is 0 Å². The highest BCUT2D eigenvalue weighted by Crippen LogP contribution is 2.31. The van der Waals surface area contributed by atoms with Crippen molar-refractivity contribution in [3.63, 3.8) is 0 Å². The molecule has 6 nitrogen and oxygen atoms in total. The third-order valence-electron chi connectivity index (χ3n) is 5.69. The van der Waals surface area contributed by atoms with Gasteiger partial charge in [-0.1, -0.05) is 12.1 Å². The normalized spacial score (nSPS) is 20.1. The van der Waals surface area contributed by atoms with Gasteiger partial charge in [0.25, 0.3) is 5.91 Å². The summed E-state index contributed by atoms with van der Waals surface area (Å²) in [5.41, 5.74) is 2.46. The number of para-hydroxylation sites is 2. The minimum Gasteiger partial charge on any atom is -0.360 e. The Kier molecular flexibility index (Phi) is 5.49. The Balaban J connectivity index is 1.42. The second-order valence-corrected chi connectivity index (χ2v) is 7.77. The molecule has 2 amide bonds. The number of rotatable bonds is 3. The summed E-state index contributed by atoms with van der Waals surface area (Å²) in [5, 5.41) is 2.90. The molecule has 1 saturated heterocycles. The Morgan fingerprint density at radius 1 is 1.14 bits per heavy atom. The molecule has 0 aliphatic carbocycles. The maximum Gasteiger partial charge on any atom is 0.282 e. The zero-order valence-electron chi connectivity index (χ0n) is 16.5. The molecule has 7 heteroatoms. The SMILES string of the molecule is C[C@@H]1CC(=O)Nc2ccccc2N1C(=O)C[NH+]1CCN(c2ccc(F)cc2)CC1. The maximum absolute atomic E-state index is 13.2. The van der Waals surface area contributed by atoms with Crippen molar-refractivity contribution in [1.29, 1.82) is 0 Å². The first kappa shape index (κ1) is 19.4. The molecule has 0 bridgehead atoms. The molecule has 0 unspecified atom stereocenters. The third kappa shape index (κ3) is 4.24. The lowest BCUT2D eigenvalue weighted by Crippen LogP contribution is -3.16. The van der Waals surface area contributed by atoms with E-state index in [2.05, 4.69) is 10.2 Å². The van der Waals surface area contributed by atoms with Gasteiger partial charge in [0.15, 0.2) is 6.54 Å². The molecular formula is C22H26FN4O2+. The number of fused-ring (bicyclic) bond motifs is 1. The van der Waals surface area contributed by atoms with Gasteiger partial charge in [-0.05, 0) is 43.3 Å². The van der Waals surface area contributed by atoms with E-state index >= 15 is 0 Å². The second kappa shape index (κ2) is 8.21. The van der Waals surface area contributed by atoms with Crippen molar-refractivity contribution >= 4 is 28.9 Å². The summed E-state index contributed by atoms with van der Waals surface area (Å²) in [7, 11) is 0. The molecule has 2 aliphatic rings. The number of hydrogen-bond donors (Lipinski definition) is 2. The zero-order chi connectivity index (χ0) is 20.4. The molecule has 1 fully saturated rings. The Bertz CT molecular complexity index is 894. The van der Waals surface area contributed by atoms with Crippen molar-refractivity contribution in [3.05, 3.63) is 54.3 Å². The first-order valence-corrected chi connectivity index (χ1v) is 10.1. The van der Waals surface area contributed by atoms with Crippen molar-refractivity contribution in [3.8, 4) is 0 Å². The van der Waals surface area contributed by atoms with Crippen molar-refractivity contribution in [1.82, 2.24) is 0 Å². The molecular weight excluding hydrogens is 371 g/mol. The van der Waals surface area contributed by atoms with Crippen molar-refractivity contribution in [2.45, 2.75) is 19.4 Å². The van der Waals surface area contributed by atoms with Gasteiger partial charge in [0.2, 0.25) is 5.91 Å². The van der Waals surface area contributed by atoms with Crippen LogP contribution >= 0.6 is 0 Å². The average Bonchev–Trinajstić information content (AvgIpc) is 2.83. The third-order valence-corrected chi connectivity index (χ3v) is 5.69. The molecule has 2 aromatic carbocycles. The van der Waals surface area contributed by atoms with Gasteiger partial charge >= 0.3 is 0 Å². The van der Waals surface area contributed by atoms with E-state index in [0.29, 0.717) is 12.2 Å². The minimum atomic E-state index is -0.233. The number of benzene rings is 2. The summed E-state index contributed by atoms with van der Waals surface area (Å²) in [5.74, 6) is -0.268. The van der Waals surface area contributed by atoms with Crippen molar-refractivity contribution in [2.75, 3.05) is 47.8 Å². The van der Waals surface area contributed by atoms with Crippen molar-refractivity contribution < 1.29 is 18.9 Å². The predicted octanol–water partition coefficient (Wildman–Crippen LogP) is 1.29. The van der Waals surface area contributed by atoms with E-state index in [9.17, 15) is 14.0 Å². The van der Waals surface area contributed by atoms with Gasteiger partial charge in [-0.15, -0.1) is 0 Å². The topological polar surface area (TPSA) is 57.1 Å². The van der Waals surface area contributed by atoms with Gasteiger partial charge in [0.05, 0.1) is 37.6 Å². The summed E-state index contributed by atoms with van der Waals surface area (Å²) in [6, 6.07) is 13.8. The van der Waals surface area contributed by atoms with Crippen LogP contribution in [0.25, 0.3) is 0 Å². The summed E-state index contributed by atoms with van der Waals surface area (Å²) in [6.07, 6.45) is 0.286. The molecule has 2 N–H and O–H groups in total. The number of piperazine rings is 1. The summed E-state index contributed by atoms with van der Waals surface area (Å²) < 4.78 is 13.1. The molecule has 2 heterocycles. The van der Waals surface area contributed by atoms with Crippen LogP contribution in [-0.4, -0.2) is 50.6 Å². The largest absolute Gasteiger partial charge is 0.360 e. The van der Waals surface area contributed by atoms with Gasteiger partial charge < -0.3 is 20.0 Å². The molecule has 0 saturated carbocycles. The summed E-state index contributed by atoms with van der Waals surface area (Å²) in [4.78, 5) is 30.5. The van der Waals surface area contributed by atoms with E-state index in [1.807, 2.05) is 31.2 Å². The average molecular weight is 397 g/mol. The van der Waals surface area contributed by atoms with Crippen molar-refractivity contribution in [2.24, 2.45) is 0 Å². The minimum absolute atomic E-state index is 0.0340. The number of nitrogens with one attached hydrogen (secondary N) is 2. The van der Waals surface area contributed by atoms with Crippen LogP contribution in [0.2, 0.25) is 0 Å². The molecule has 152 valence electrons. The first-order valence-electron chi connectivity index (χ1n) is 10.1. The highest BCUT2D eigenvalue weighted by Gasteiger charge is 2.32. The summed E-state index contributed by atoms with van der Waals surface area (Å²) >= 11 is 0. The molecule has 0 spiro atoms. The standard InChI is InChI=1S/C22H25FN4O2/c1-16-14-21(28)24-19-4-2-3-5-20(19)27(16)22(29)15-25-10-12-26(13-11-25)18-8-6-17(23)7-9-18/h2-9,16H,10-15H2,1H3,(H,24,28)/p+1/t16-/m1/s1. The van der Waals surface area contributed by atoms with Gasteiger partial charge in [-0.3, -0.25) is 9.59 Å². The predicted molar refractivity (Wildman–Crippen MR) is 111 cm³/mol. The number of halogens is 1. The molecule has 0 aromatic heterocycles. The van der Waals surface area contributed by atoms with Gasteiger partial charge in [0.1, 0.15) is 5.82 Å². The van der Waals surface area contributed by atoms with Crippen LogP contribution in [0.15, 0.2) is 48.5 Å². The van der Waals surface area contributed by atoms with Crippen LogP contribution in [0.3, 0.4) is 0 Å². The molecule has 2 aliphatic heterocycles. The highest BCUT2D eigenvalue weighted by atomic mass is 19.1. The fraction of sp³-hybridized carbons (Fsp3) is 0.364. The molecule has 4 rings (SSSR count). The van der Waals surface area contributed by atoms with E-state index in [1.54, 1.807) is 17.0 Å². The van der Waals surface area contributed by atoms with Crippen LogP contribution in [0.4, 0.5) is 21.5 Å². The number of quaternary nitrogens is 1. The van der Waals surface area contributed by atoms with E-state index in [-0.39, 0.29) is 30.1 Å². The van der Waals surface area contributed by atoms with Crippen LogP contribution in [0.5, 0.6) is 0 Å². The molecule has 1 atom stereocenters. The smallest absolute Gasteiger partial charge is 0.282 e. The lowest BCUT2D eigenvalue weighted by Gasteiger charge is -2.35. The Labute approximate surface area is 169 Å². The molecule has 29 heavy (non-hydrogen) atoms. The second-order valence-electron chi connectivity index (χ2n) is 7.77. The fourth-order valence-electron chi connectivity index (χ4n) is 4.18. The lowest BCUT2D eigenvalue weighted by molar-refractivity contribution is -0.892.